The van der Waals surface area contributed by atoms with Crippen LogP contribution in [0.2, 0.25) is 0 Å². The van der Waals surface area contributed by atoms with Crippen molar-refractivity contribution in [1.82, 2.24) is 51.7 Å². The van der Waals surface area contributed by atoms with E-state index >= 15 is 28.8 Å². The number of aliphatic imine (C=N–C) groups is 1. The Kier molecular flexibility index (Phi) is 14.5. The van der Waals surface area contributed by atoms with Crippen LogP contribution in [0, 0.1) is 0 Å². The van der Waals surface area contributed by atoms with Crippen LogP contribution < -0.4 is 37.6 Å². The van der Waals surface area contributed by atoms with E-state index in [0.29, 0.717) is 25.5 Å². The number of aromatic amines is 2. The minimum atomic E-state index is -1.25. The van der Waals surface area contributed by atoms with Crippen LogP contribution in [0.4, 0.5) is 0 Å². The van der Waals surface area contributed by atoms with Crippen molar-refractivity contribution >= 4 is 63.2 Å². The summed E-state index contributed by atoms with van der Waals surface area (Å²) in [6.45, 7) is 2.00. The van der Waals surface area contributed by atoms with Crippen molar-refractivity contribution in [3.8, 4) is 0 Å². The number of nitrogens with one attached hydrogen (secondary N) is 8. The summed E-state index contributed by atoms with van der Waals surface area (Å²) in [6, 6.07) is 24.5. The van der Waals surface area contributed by atoms with Gasteiger partial charge in [0.1, 0.15) is 36.3 Å². The van der Waals surface area contributed by atoms with Crippen molar-refractivity contribution in [2.45, 2.75) is 100 Å². The molecule has 2 aromatic heterocycles. The van der Waals surface area contributed by atoms with E-state index in [2.05, 4.69) is 46.9 Å². The molecule has 7 atom stereocenters. The molecule has 10 N–H and O–H groups in total. The largest absolute Gasteiger partial charge is 0.361 e. The van der Waals surface area contributed by atoms with Gasteiger partial charge in [0.25, 0.3) is 0 Å². The van der Waals surface area contributed by atoms with Gasteiger partial charge in [-0.2, -0.15) is 0 Å². The van der Waals surface area contributed by atoms with Crippen molar-refractivity contribution < 1.29 is 28.8 Å². The first-order valence-corrected chi connectivity index (χ1v) is 25.4. The molecule has 0 radical (unpaired) electrons. The Balaban J connectivity index is 1.05. The highest BCUT2D eigenvalue weighted by Gasteiger charge is 2.46. The van der Waals surface area contributed by atoms with Crippen LogP contribution in [-0.4, -0.2) is 130 Å². The Bertz CT molecular complexity index is 3040. The molecule has 18 heteroatoms. The SMILES string of the molecule is N[C@@H]1C[C@@H]2C(=O)N3Cc4ccccc4C[C@H]3C(=O)N[C@@H](Cc3c[nH]c4ccccc34)C(=O)N[C@H](Cc3ccccc3)C(=O)N[C@@H](Cc3c[nH]c4ccccc34)C(=O)N[C@@H](CCCNC3=NCCCN3)C(=O)N2C1. The van der Waals surface area contributed by atoms with Gasteiger partial charge in [-0.1, -0.05) is 91.0 Å². The number of carbonyl (C=O) groups excluding carboxylic acids is 6. The van der Waals surface area contributed by atoms with Crippen LogP contribution in [-0.2, 0) is 61.0 Å². The minimum absolute atomic E-state index is 0.0221. The molecule has 4 aliphatic heterocycles. The van der Waals surface area contributed by atoms with E-state index in [0.717, 1.165) is 62.6 Å². The predicted octanol–water partition coefficient (Wildman–Crippen LogP) is 2.23. The summed E-state index contributed by atoms with van der Waals surface area (Å²) < 4.78 is 0. The van der Waals surface area contributed by atoms with E-state index < -0.39 is 77.7 Å². The Morgan fingerprint density at radius 3 is 1.82 bits per heavy atom. The molecule has 2 saturated heterocycles. The van der Waals surface area contributed by atoms with Crippen LogP contribution in [0.3, 0.4) is 0 Å². The summed E-state index contributed by atoms with van der Waals surface area (Å²) in [5, 5.41) is 20.3. The summed E-state index contributed by atoms with van der Waals surface area (Å²) in [5.74, 6) is -2.78. The topological polar surface area (TPSA) is 251 Å². The van der Waals surface area contributed by atoms with E-state index in [9.17, 15) is 0 Å². The quantitative estimate of drug-likeness (QED) is 0.0913. The van der Waals surface area contributed by atoms with Crippen LogP contribution in [0.25, 0.3) is 21.8 Å². The normalized spacial score (nSPS) is 24.2. The number of benzene rings is 4. The number of hydrogen-bond donors (Lipinski definition) is 9. The lowest BCUT2D eigenvalue weighted by molar-refractivity contribution is -0.150. The highest BCUT2D eigenvalue weighted by atomic mass is 16.2. The molecule has 378 valence electrons. The van der Waals surface area contributed by atoms with E-state index in [4.69, 9.17) is 5.73 Å². The third-order valence-electron chi connectivity index (χ3n) is 14.6. The summed E-state index contributed by atoms with van der Waals surface area (Å²) in [7, 11) is 0. The molecule has 0 bridgehead atoms. The zero-order valence-electron chi connectivity index (χ0n) is 40.6. The maximum absolute atomic E-state index is 15.3. The third kappa shape index (κ3) is 10.9. The smallest absolute Gasteiger partial charge is 0.246 e. The first-order valence-electron chi connectivity index (χ1n) is 25.4. The molecule has 2 fully saturated rings. The Morgan fingerprint density at radius 1 is 0.603 bits per heavy atom. The van der Waals surface area contributed by atoms with E-state index in [-0.39, 0.29) is 51.6 Å². The van der Waals surface area contributed by atoms with Crippen LogP contribution in [0.5, 0.6) is 0 Å². The summed E-state index contributed by atoms with van der Waals surface area (Å²) in [4.78, 5) is 105. The van der Waals surface area contributed by atoms with Crippen LogP contribution >= 0.6 is 0 Å². The van der Waals surface area contributed by atoms with Gasteiger partial charge in [0, 0.05) is 98.6 Å². The first kappa shape index (κ1) is 48.6. The molecule has 0 spiro atoms. The third-order valence-corrected chi connectivity index (χ3v) is 14.6. The lowest BCUT2D eigenvalue weighted by atomic mass is 9.92. The van der Waals surface area contributed by atoms with Gasteiger partial charge in [0.05, 0.1) is 0 Å². The van der Waals surface area contributed by atoms with Crippen LogP contribution in [0.15, 0.2) is 121 Å². The highest BCUT2D eigenvalue weighted by Crippen LogP contribution is 2.29. The molecule has 0 aliphatic carbocycles. The Labute approximate surface area is 422 Å². The summed E-state index contributed by atoms with van der Waals surface area (Å²) in [6.07, 6.45) is 5.46. The lowest BCUT2D eigenvalue weighted by Crippen LogP contribution is -2.63. The number of hydrogen-bond acceptors (Lipinski definition) is 10. The van der Waals surface area contributed by atoms with E-state index in [1.54, 1.807) is 12.4 Å². The van der Waals surface area contributed by atoms with E-state index in [1.807, 2.05) is 103 Å². The zero-order valence-corrected chi connectivity index (χ0v) is 40.6. The van der Waals surface area contributed by atoms with Gasteiger partial charge in [-0.05, 0) is 65.6 Å². The molecule has 6 aromatic rings. The second-order valence-electron chi connectivity index (χ2n) is 19.6. The highest BCUT2D eigenvalue weighted by molar-refractivity contribution is 5.99. The molecular weight excluding hydrogens is 925 g/mol. The standard InChI is InChI=1S/C55H62N12O6/c56-38-28-48-54(73)66-31-35-15-5-4-14-34(35)27-47(66)52(71)65-46(26-37-30-61-42-19-9-7-17-40(37)42)51(70)63-44(24-33-12-2-1-3-13-33)49(68)64-45(25-36-29-60-41-18-8-6-16-39(36)41)50(69)62-43(53(72)67(48)32-38)20-10-21-57-55-58-22-11-23-59-55/h1-9,12-19,29-30,38,43-48,60-61H,10-11,20-28,31-32,56H2,(H,62,69)(H,63,70)(H,64,68)(H,65,71)(H2,57,58,59)/t38-,43+,44-,45+,46+,47+,48-/m1/s1. The molecule has 4 aromatic carbocycles. The molecule has 10 rings (SSSR count). The maximum Gasteiger partial charge on any atom is 0.246 e. The van der Waals surface area contributed by atoms with Crippen molar-refractivity contribution in [2.75, 3.05) is 26.2 Å². The molecule has 4 aliphatic rings. The average Bonchev–Trinajstić information content (AvgIpc) is 4.15. The molecule has 73 heavy (non-hydrogen) atoms. The summed E-state index contributed by atoms with van der Waals surface area (Å²) >= 11 is 0. The number of aromatic nitrogens is 2. The Hall–Kier alpha value is -7.99. The van der Waals surface area contributed by atoms with Gasteiger partial charge in [-0.3, -0.25) is 33.8 Å². The van der Waals surface area contributed by atoms with Crippen LogP contribution in [0.1, 0.15) is 53.5 Å². The van der Waals surface area contributed by atoms with Crippen molar-refractivity contribution in [1.29, 1.82) is 0 Å². The van der Waals surface area contributed by atoms with Gasteiger partial charge in [-0.25, -0.2) is 0 Å². The first-order chi connectivity index (χ1) is 35.6. The van der Waals surface area contributed by atoms with Crippen molar-refractivity contribution in [3.05, 3.63) is 143 Å². The molecule has 0 saturated carbocycles. The maximum atomic E-state index is 15.3. The number of carbonyl (C=O) groups is 6. The average molecular weight is 987 g/mol. The van der Waals surface area contributed by atoms with E-state index in [1.165, 1.54) is 9.80 Å². The predicted molar refractivity (Wildman–Crippen MR) is 277 cm³/mol. The number of H-pyrrole nitrogens is 2. The van der Waals surface area contributed by atoms with Gasteiger partial charge in [0.15, 0.2) is 5.96 Å². The number of fused-ring (bicyclic) bond motifs is 5. The second-order valence-corrected chi connectivity index (χ2v) is 19.6. The van der Waals surface area contributed by atoms with Crippen molar-refractivity contribution in [3.63, 3.8) is 0 Å². The van der Waals surface area contributed by atoms with Gasteiger partial charge in [-0.15, -0.1) is 0 Å². The molecular formula is C55H62N12O6. The molecule has 18 nitrogen and oxygen atoms in total. The fraction of sp³-hybridized carbons (Fsp3) is 0.364. The zero-order chi connectivity index (χ0) is 50.4. The minimum Gasteiger partial charge on any atom is -0.361 e. The molecule has 6 amide bonds. The number of rotatable bonds is 10. The number of nitrogens with two attached hydrogens (primary N) is 1. The number of nitrogens with zero attached hydrogens (tertiary/aromatic N) is 3. The Morgan fingerprint density at radius 2 is 1.18 bits per heavy atom. The van der Waals surface area contributed by atoms with Gasteiger partial charge >= 0.3 is 0 Å². The second kappa shape index (κ2) is 21.8. The van der Waals surface area contributed by atoms with Gasteiger partial charge < -0.3 is 57.4 Å². The molecule has 0 unspecified atom stereocenters. The monoisotopic (exact) mass is 986 g/mol. The fourth-order valence-corrected chi connectivity index (χ4v) is 10.8. The summed E-state index contributed by atoms with van der Waals surface area (Å²) in [5.41, 5.74) is 12.3. The number of para-hydroxylation sites is 2. The lowest BCUT2D eigenvalue weighted by Gasteiger charge is -2.40. The number of guanidine groups is 1. The number of amides is 6. The van der Waals surface area contributed by atoms with Crippen molar-refractivity contribution in [2.24, 2.45) is 10.7 Å². The molecule has 6 heterocycles. The fourth-order valence-electron chi connectivity index (χ4n) is 10.8. The van der Waals surface area contributed by atoms with Gasteiger partial charge in [0.2, 0.25) is 35.4 Å².